The lowest BCUT2D eigenvalue weighted by molar-refractivity contribution is -0.132. The van der Waals surface area contributed by atoms with Crippen LogP contribution in [0.15, 0.2) is 70.9 Å². The highest BCUT2D eigenvalue weighted by atomic mass is 19.1. The first-order valence-corrected chi connectivity index (χ1v) is 9.28. The number of nitrogens with zero attached hydrogens (tertiary/aromatic N) is 1. The van der Waals surface area contributed by atoms with Crippen molar-refractivity contribution in [3.8, 4) is 11.5 Å². The molecule has 0 aliphatic carbocycles. The van der Waals surface area contributed by atoms with E-state index in [1.54, 1.807) is 24.3 Å². The minimum absolute atomic E-state index is 0.157. The quantitative estimate of drug-likeness (QED) is 0.378. The van der Waals surface area contributed by atoms with Crippen molar-refractivity contribution < 1.29 is 33.0 Å². The van der Waals surface area contributed by atoms with Crippen LogP contribution in [0.1, 0.15) is 17.4 Å². The molecule has 158 valence electrons. The van der Waals surface area contributed by atoms with E-state index in [2.05, 4.69) is 0 Å². The molecule has 4 rings (SSSR count). The molecule has 1 atom stereocenters. The summed E-state index contributed by atoms with van der Waals surface area (Å²) >= 11 is 0. The van der Waals surface area contributed by atoms with Gasteiger partial charge in [0.05, 0.1) is 31.6 Å². The van der Waals surface area contributed by atoms with Gasteiger partial charge in [-0.15, -0.1) is 0 Å². The maximum absolute atomic E-state index is 13.9. The second kappa shape index (κ2) is 7.98. The number of methoxy groups -OCH3 is 2. The van der Waals surface area contributed by atoms with Gasteiger partial charge in [0.1, 0.15) is 34.9 Å². The minimum Gasteiger partial charge on any atom is -0.507 e. The molecule has 31 heavy (non-hydrogen) atoms. The van der Waals surface area contributed by atoms with Crippen molar-refractivity contribution in [2.24, 2.45) is 0 Å². The number of ether oxygens (including phenoxy) is 2. The van der Waals surface area contributed by atoms with E-state index in [-0.39, 0.29) is 28.3 Å². The number of furan rings is 1. The summed E-state index contributed by atoms with van der Waals surface area (Å²) in [6, 6.07) is 12.0. The first-order chi connectivity index (χ1) is 15.0. The molecule has 0 saturated carbocycles. The molecule has 2 aromatic carbocycles. The van der Waals surface area contributed by atoms with E-state index >= 15 is 0 Å². The molecular formula is C23H18FNO6. The molecule has 8 heteroatoms. The van der Waals surface area contributed by atoms with Crippen molar-refractivity contribution in [2.75, 3.05) is 19.1 Å². The maximum atomic E-state index is 13.9. The van der Waals surface area contributed by atoms with Gasteiger partial charge in [0.25, 0.3) is 11.7 Å². The van der Waals surface area contributed by atoms with Crippen molar-refractivity contribution in [1.82, 2.24) is 0 Å². The van der Waals surface area contributed by atoms with Crippen molar-refractivity contribution in [2.45, 2.75) is 6.04 Å². The molecule has 0 bridgehead atoms. The number of aliphatic hydroxyl groups is 1. The molecule has 3 aromatic rings. The number of hydrogen-bond donors (Lipinski definition) is 1. The van der Waals surface area contributed by atoms with Crippen LogP contribution in [0.3, 0.4) is 0 Å². The number of anilines is 1. The molecule has 0 radical (unpaired) electrons. The molecule has 2 heterocycles. The Labute approximate surface area is 176 Å². The van der Waals surface area contributed by atoms with Gasteiger partial charge in [-0.1, -0.05) is 6.07 Å². The van der Waals surface area contributed by atoms with Crippen molar-refractivity contribution >= 4 is 23.1 Å². The monoisotopic (exact) mass is 423 g/mol. The maximum Gasteiger partial charge on any atom is 0.300 e. The van der Waals surface area contributed by atoms with Crippen molar-refractivity contribution in [1.29, 1.82) is 0 Å². The molecule has 1 aromatic heterocycles. The van der Waals surface area contributed by atoms with Gasteiger partial charge in [-0.25, -0.2) is 4.39 Å². The highest BCUT2D eigenvalue weighted by Crippen LogP contribution is 2.43. The second-order valence-electron chi connectivity index (χ2n) is 6.73. The first-order valence-electron chi connectivity index (χ1n) is 9.28. The Morgan fingerprint density at radius 2 is 1.87 bits per heavy atom. The zero-order valence-corrected chi connectivity index (χ0v) is 16.7. The zero-order chi connectivity index (χ0) is 22.1. The molecule has 1 aliphatic heterocycles. The van der Waals surface area contributed by atoms with Crippen LogP contribution in [0.5, 0.6) is 11.5 Å². The summed E-state index contributed by atoms with van der Waals surface area (Å²) in [5.74, 6) is -1.91. The Kier molecular flexibility index (Phi) is 5.21. The fraction of sp³-hybridized carbons (Fsp3) is 0.130. The summed E-state index contributed by atoms with van der Waals surface area (Å²) in [7, 11) is 2.89. The minimum atomic E-state index is -1.09. The number of amides is 1. The Morgan fingerprint density at radius 3 is 2.52 bits per heavy atom. The van der Waals surface area contributed by atoms with E-state index in [1.165, 1.54) is 44.7 Å². The summed E-state index contributed by atoms with van der Waals surface area (Å²) < 4.78 is 29.8. The third-order valence-electron chi connectivity index (χ3n) is 5.01. The van der Waals surface area contributed by atoms with Crippen LogP contribution in [0.2, 0.25) is 0 Å². The van der Waals surface area contributed by atoms with Gasteiger partial charge in [-0.3, -0.25) is 14.5 Å². The number of aliphatic hydroxyl groups excluding tert-OH is 1. The smallest absolute Gasteiger partial charge is 0.300 e. The summed E-state index contributed by atoms with van der Waals surface area (Å²) in [6.07, 6.45) is 1.38. The molecule has 1 fully saturated rings. The fourth-order valence-electron chi connectivity index (χ4n) is 3.58. The molecule has 1 aliphatic rings. The van der Waals surface area contributed by atoms with Gasteiger partial charge in [0.15, 0.2) is 0 Å². The number of benzene rings is 2. The summed E-state index contributed by atoms with van der Waals surface area (Å²) in [4.78, 5) is 27.0. The van der Waals surface area contributed by atoms with Gasteiger partial charge < -0.3 is 19.0 Å². The van der Waals surface area contributed by atoms with Crippen molar-refractivity contribution in [3.63, 3.8) is 0 Å². The number of halogens is 1. The Balaban J connectivity index is 1.94. The number of hydrogen-bond acceptors (Lipinski definition) is 6. The molecule has 1 unspecified atom stereocenters. The third-order valence-corrected chi connectivity index (χ3v) is 5.01. The number of carbonyl (C=O) groups excluding carboxylic acids is 2. The molecule has 1 N–H and O–H groups in total. The number of rotatable bonds is 5. The third kappa shape index (κ3) is 3.42. The van der Waals surface area contributed by atoms with E-state index in [4.69, 9.17) is 13.9 Å². The van der Waals surface area contributed by atoms with Crippen LogP contribution in [0.25, 0.3) is 5.76 Å². The summed E-state index contributed by atoms with van der Waals surface area (Å²) in [5, 5.41) is 11.1. The number of ketones is 1. The first kappa shape index (κ1) is 20.2. The Morgan fingerprint density at radius 1 is 1.06 bits per heavy atom. The van der Waals surface area contributed by atoms with Gasteiger partial charge in [-0.05, 0) is 42.5 Å². The predicted octanol–water partition coefficient (Wildman–Crippen LogP) is 4.06. The summed E-state index contributed by atoms with van der Waals surface area (Å²) in [5.41, 5.74) is 0.147. The van der Waals surface area contributed by atoms with E-state index in [1.807, 2.05) is 0 Å². The normalized spacial score (nSPS) is 17.8. The van der Waals surface area contributed by atoms with E-state index in [9.17, 15) is 19.1 Å². The molecule has 0 spiro atoms. The SMILES string of the molecule is COc1ccc(/C(O)=C2/C(=O)C(=O)N(c3cccc(F)c3)C2c2ccco2)c(OC)c1. The molecule has 1 saturated heterocycles. The van der Waals surface area contributed by atoms with E-state index < -0.39 is 29.3 Å². The van der Waals surface area contributed by atoms with E-state index in [0.29, 0.717) is 5.75 Å². The van der Waals surface area contributed by atoms with Gasteiger partial charge in [0, 0.05) is 11.8 Å². The predicted molar refractivity (Wildman–Crippen MR) is 109 cm³/mol. The number of Topliss-reactive ketones (excluding diaryl/α,β-unsaturated/α-hetero) is 1. The topological polar surface area (TPSA) is 89.2 Å². The van der Waals surface area contributed by atoms with Crippen LogP contribution < -0.4 is 14.4 Å². The lowest BCUT2D eigenvalue weighted by Gasteiger charge is -2.23. The lowest BCUT2D eigenvalue weighted by atomic mass is 9.98. The van der Waals surface area contributed by atoms with Crippen LogP contribution in [0.4, 0.5) is 10.1 Å². The standard InChI is InChI=1S/C23H18FNO6/c1-29-15-8-9-16(18(12-15)30-2)21(26)19-20(17-7-4-10-31-17)25(23(28)22(19)27)14-6-3-5-13(24)11-14/h3-12,20,26H,1-2H3/b21-19-. The molecule has 7 nitrogen and oxygen atoms in total. The largest absolute Gasteiger partial charge is 0.507 e. The van der Waals surface area contributed by atoms with Gasteiger partial charge >= 0.3 is 0 Å². The second-order valence-corrected chi connectivity index (χ2v) is 6.73. The average Bonchev–Trinajstić information content (AvgIpc) is 3.40. The van der Waals surface area contributed by atoms with Crippen molar-refractivity contribution in [3.05, 3.63) is 83.6 Å². The fourth-order valence-corrected chi connectivity index (χ4v) is 3.58. The highest BCUT2D eigenvalue weighted by Gasteiger charge is 2.48. The Hall–Kier alpha value is -4.07. The number of carbonyl (C=O) groups is 2. The molecule has 1 amide bonds. The zero-order valence-electron chi connectivity index (χ0n) is 16.7. The van der Waals surface area contributed by atoms with Crippen LogP contribution in [-0.4, -0.2) is 31.0 Å². The van der Waals surface area contributed by atoms with Gasteiger partial charge in [-0.2, -0.15) is 0 Å². The van der Waals surface area contributed by atoms with Crippen LogP contribution in [0, 0.1) is 5.82 Å². The van der Waals surface area contributed by atoms with Gasteiger partial charge in [0.2, 0.25) is 0 Å². The lowest BCUT2D eigenvalue weighted by Crippen LogP contribution is -2.29. The Bertz CT molecular complexity index is 1180. The summed E-state index contributed by atoms with van der Waals surface area (Å²) in [6.45, 7) is 0. The molecular weight excluding hydrogens is 405 g/mol. The van der Waals surface area contributed by atoms with Crippen LogP contribution >= 0.6 is 0 Å². The van der Waals surface area contributed by atoms with Crippen LogP contribution in [-0.2, 0) is 9.59 Å². The van der Waals surface area contributed by atoms with E-state index in [0.717, 1.165) is 11.0 Å². The average molecular weight is 423 g/mol. The highest BCUT2D eigenvalue weighted by molar-refractivity contribution is 6.51.